The number of carbonyl (C=O) groups is 1. The van der Waals surface area contributed by atoms with E-state index in [4.69, 9.17) is 14.6 Å². The van der Waals surface area contributed by atoms with Gasteiger partial charge in [0.2, 0.25) is 0 Å². The highest BCUT2D eigenvalue weighted by molar-refractivity contribution is 8.14. The van der Waals surface area contributed by atoms with E-state index in [9.17, 15) is 9.90 Å². The molecule has 116 valence electrons. The molecule has 1 rings (SSSR count). The number of phenolic OH excluding ortho intramolecular Hbond substituents is 1. The van der Waals surface area contributed by atoms with E-state index in [1.54, 1.807) is 19.2 Å². The minimum atomic E-state index is -1.01. The Morgan fingerprint density at radius 1 is 1.38 bits per heavy atom. The standard InChI is InChI=1S/C14H19NO5S/c1-3-21-14(15-9-13(17)18)11-5-4-10(8-12(11)16)20-7-6-19-2/h4-5,8,16H,3,6-7,9H2,1-2H3,(H,17,18). The van der Waals surface area contributed by atoms with Gasteiger partial charge in [-0.2, -0.15) is 0 Å². The SMILES string of the molecule is CCSC(=NCC(=O)O)c1ccc(OCCOC)cc1O. The van der Waals surface area contributed by atoms with Crippen LogP contribution in [0.1, 0.15) is 12.5 Å². The second-order valence-corrected chi connectivity index (χ2v) is 5.22. The molecule has 0 unspecified atom stereocenters. The fourth-order valence-electron chi connectivity index (χ4n) is 1.51. The summed E-state index contributed by atoms with van der Waals surface area (Å²) < 4.78 is 10.3. The molecule has 1 aromatic rings. The van der Waals surface area contributed by atoms with Crippen LogP contribution in [0.5, 0.6) is 11.5 Å². The number of aliphatic carboxylic acids is 1. The van der Waals surface area contributed by atoms with Crippen LogP contribution in [-0.4, -0.2) is 53.8 Å². The van der Waals surface area contributed by atoms with Gasteiger partial charge in [-0.05, 0) is 17.9 Å². The Balaban J connectivity index is 2.88. The topological polar surface area (TPSA) is 88.4 Å². The first kappa shape index (κ1) is 17.3. The average Bonchev–Trinajstić information content (AvgIpc) is 2.44. The minimum absolute atomic E-state index is 0.00926. The van der Waals surface area contributed by atoms with Gasteiger partial charge in [-0.15, -0.1) is 11.8 Å². The highest BCUT2D eigenvalue weighted by Gasteiger charge is 2.11. The Hall–Kier alpha value is -1.73. The van der Waals surface area contributed by atoms with Gasteiger partial charge in [0.05, 0.1) is 6.61 Å². The zero-order valence-electron chi connectivity index (χ0n) is 12.0. The molecule has 0 bridgehead atoms. The van der Waals surface area contributed by atoms with Crippen LogP contribution in [0.15, 0.2) is 23.2 Å². The van der Waals surface area contributed by atoms with Crippen LogP contribution in [0.3, 0.4) is 0 Å². The molecule has 0 aliphatic heterocycles. The van der Waals surface area contributed by atoms with Crippen LogP contribution < -0.4 is 4.74 Å². The lowest BCUT2D eigenvalue weighted by atomic mass is 10.2. The highest BCUT2D eigenvalue weighted by atomic mass is 32.2. The summed E-state index contributed by atoms with van der Waals surface area (Å²) in [4.78, 5) is 14.6. The van der Waals surface area contributed by atoms with Gasteiger partial charge < -0.3 is 19.7 Å². The van der Waals surface area contributed by atoms with Gasteiger partial charge in [0.25, 0.3) is 0 Å². The van der Waals surface area contributed by atoms with Gasteiger partial charge >= 0.3 is 5.97 Å². The Morgan fingerprint density at radius 2 is 2.14 bits per heavy atom. The molecule has 0 aliphatic rings. The van der Waals surface area contributed by atoms with Crippen molar-refractivity contribution in [3.05, 3.63) is 23.8 Å². The summed E-state index contributed by atoms with van der Waals surface area (Å²) in [5, 5.41) is 19.3. The van der Waals surface area contributed by atoms with Crippen molar-refractivity contribution in [3.63, 3.8) is 0 Å². The number of methoxy groups -OCH3 is 1. The first-order valence-corrected chi connectivity index (χ1v) is 7.41. The molecule has 6 nitrogen and oxygen atoms in total. The van der Waals surface area contributed by atoms with Crippen LogP contribution in [0.2, 0.25) is 0 Å². The number of rotatable bonds is 8. The number of benzene rings is 1. The molecule has 0 radical (unpaired) electrons. The molecule has 0 saturated heterocycles. The smallest absolute Gasteiger partial charge is 0.325 e. The van der Waals surface area contributed by atoms with Crippen LogP contribution in [-0.2, 0) is 9.53 Å². The van der Waals surface area contributed by atoms with Gasteiger partial charge in [0, 0.05) is 18.7 Å². The molecule has 0 atom stereocenters. The van der Waals surface area contributed by atoms with Crippen molar-refractivity contribution < 1.29 is 24.5 Å². The van der Waals surface area contributed by atoms with Gasteiger partial charge in [-0.3, -0.25) is 9.79 Å². The molecule has 21 heavy (non-hydrogen) atoms. The average molecular weight is 313 g/mol. The number of ether oxygens (including phenoxy) is 2. The number of aliphatic imine (C=N–C) groups is 1. The second kappa shape index (κ2) is 9.25. The minimum Gasteiger partial charge on any atom is -0.507 e. The Morgan fingerprint density at radius 3 is 2.71 bits per heavy atom. The van der Waals surface area contributed by atoms with Crippen molar-refractivity contribution in [1.29, 1.82) is 0 Å². The third-order valence-corrected chi connectivity index (χ3v) is 3.31. The Kier molecular flexibility index (Phi) is 7.63. The predicted molar refractivity (Wildman–Crippen MR) is 82.6 cm³/mol. The van der Waals surface area contributed by atoms with Crippen molar-refractivity contribution in [3.8, 4) is 11.5 Å². The van der Waals surface area contributed by atoms with Crippen LogP contribution in [0.4, 0.5) is 0 Å². The number of thioether (sulfide) groups is 1. The van der Waals surface area contributed by atoms with Crippen molar-refractivity contribution in [2.75, 3.05) is 32.6 Å². The van der Waals surface area contributed by atoms with Gasteiger partial charge in [-0.25, -0.2) is 0 Å². The summed E-state index contributed by atoms with van der Waals surface area (Å²) in [6.07, 6.45) is 0. The molecular weight excluding hydrogens is 294 g/mol. The first-order valence-electron chi connectivity index (χ1n) is 6.42. The maximum atomic E-state index is 10.6. The zero-order chi connectivity index (χ0) is 15.7. The fraction of sp³-hybridized carbons (Fsp3) is 0.429. The molecule has 0 aliphatic carbocycles. The monoisotopic (exact) mass is 313 g/mol. The molecule has 0 saturated carbocycles. The summed E-state index contributed by atoms with van der Waals surface area (Å²) in [7, 11) is 1.58. The quantitative estimate of drug-likeness (QED) is 0.433. The largest absolute Gasteiger partial charge is 0.507 e. The van der Waals surface area contributed by atoms with Crippen molar-refractivity contribution in [2.45, 2.75) is 6.92 Å². The van der Waals surface area contributed by atoms with E-state index in [0.29, 0.717) is 29.6 Å². The number of phenols is 1. The Labute approximate surface area is 127 Å². The molecule has 0 fully saturated rings. The molecule has 0 aromatic heterocycles. The molecule has 2 N–H and O–H groups in total. The summed E-state index contributed by atoms with van der Waals surface area (Å²) in [6.45, 7) is 2.45. The van der Waals surface area contributed by atoms with Crippen molar-refractivity contribution in [1.82, 2.24) is 0 Å². The van der Waals surface area contributed by atoms with Crippen LogP contribution >= 0.6 is 11.8 Å². The maximum absolute atomic E-state index is 10.6. The third kappa shape index (κ3) is 6.05. The lowest BCUT2D eigenvalue weighted by Crippen LogP contribution is -2.06. The predicted octanol–water partition coefficient (Wildman–Crippen LogP) is 2.00. The van der Waals surface area contributed by atoms with Gasteiger partial charge in [0.15, 0.2) is 0 Å². The summed E-state index contributed by atoms with van der Waals surface area (Å²) in [6, 6.07) is 4.86. The van der Waals surface area contributed by atoms with E-state index in [2.05, 4.69) is 4.99 Å². The van der Waals surface area contributed by atoms with E-state index in [-0.39, 0.29) is 12.3 Å². The lowest BCUT2D eigenvalue weighted by Gasteiger charge is -2.10. The molecular formula is C14H19NO5S. The first-order chi connectivity index (χ1) is 10.1. The molecule has 0 spiro atoms. The lowest BCUT2D eigenvalue weighted by molar-refractivity contribution is -0.135. The van der Waals surface area contributed by atoms with Gasteiger partial charge in [0.1, 0.15) is 29.7 Å². The van der Waals surface area contributed by atoms with Crippen LogP contribution in [0, 0.1) is 0 Å². The molecule has 1 aromatic carbocycles. The second-order valence-electron chi connectivity index (χ2n) is 3.97. The highest BCUT2D eigenvalue weighted by Crippen LogP contribution is 2.27. The van der Waals surface area contributed by atoms with E-state index in [0.717, 1.165) is 5.75 Å². The van der Waals surface area contributed by atoms with E-state index in [1.165, 1.54) is 17.8 Å². The van der Waals surface area contributed by atoms with E-state index < -0.39 is 5.97 Å². The van der Waals surface area contributed by atoms with Gasteiger partial charge in [-0.1, -0.05) is 6.92 Å². The molecule has 7 heteroatoms. The van der Waals surface area contributed by atoms with E-state index >= 15 is 0 Å². The Bertz CT molecular complexity index is 504. The van der Waals surface area contributed by atoms with Crippen molar-refractivity contribution >= 4 is 22.8 Å². The molecule has 0 amide bonds. The number of carboxylic acids is 1. The summed E-state index contributed by atoms with van der Waals surface area (Å²) in [5.41, 5.74) is 0.502. The zero-order valence-corrected chi connectivity index (χ0v) is 12.9. The third-order valence-electron chi connectivity index (χ3n) is 2.39. The fourth-order valence-corrected chi connectivity index (χ4v) is 2.27. The maximum Gasteiger partial charge on any atom is 0.325 e. The van der Waals surface area contributed by atoms with Crippen molar-refractivity contribution in [2.24, 2.45) is 4.99 Å². The number of hydrogen-bond acceptors (Lipinski definition) is 6. The summed E-state index contributed by atoms with van der Waals surface area (Å²) >= 11 is 1.38. The normalized spacial score (nSPS) is 11.4. The number of aromatic hydroxyl groups is 1. The molecule has 0 heterocycles. The summed E-state index contributed by atoms with van der Waals surface area (Å²) in [5.74, 6) is 0.245. The number of nitrogens with zero attached hydrogens (tertiary/aromatic N) is 1. The van der Waals surface area contributed by atoms with E-state index in [1.807, 2.05) is 6.92 Å². The van der Waals surface area contributed by atoms with Crippen LogP contribution in [0.25, 0.3) is 0 Å². The number of hydrogen-bond donors (Lipinski definition) is 2. The number of carboxylic acid groups (broad SMARTS) is 1.